The first-order valence-corrected chi connectivity index (χ1v) is 17.2. The second-order valence-corrected chi connectivity index (χ2v) is 13.7. The Morgan fingerprint density at radius 1 is 0.675 bits per heavy atom. The molecule has 0 aliphatic carbocycles. The predicted octanol–water partition coefficient (Wildman–Crippen LogP) is 15.0. The Hall–Kier alpha value is -1.04. The van der Waals surface area contributed by atoms with E-state index in [4.69, 9.17) is 0 Å². The lowest BCUT2D eigenvalue weighted by molar-refractivity contribution is 0.502. The van der Waals surface area contributed by atoms with Crippen LogP contribution >= 0.6 is 0 Å². The minimum Gasteiger partial charge on any atom is -0.103 e. The SMILES string of the molecule is C/C=C(\C)CCCC(C)C.C=C(CC)CCCC(C)C.C=CC(C)CCCC(C)C.CCC(C)CCC=C(C)C. The zero-order valence-electron chi connectivity index (χ0n) is 30.7. The molecule has 40 heavy (non-hydrogen) atoms. The van der Waals surface area contributed by atoms with Gasteiger partial charge in [-0.3, -0.25) is 0 Å². The summed E-state index contributed by atoms with van der Waals surface area (Å²) in [7, 11) is 0. The molecule has 0 nitrogen and oxygen atoms in total. The third-order valence-electron chi connectivity index (χ3n) is 7.41. The molecule has 0 heterocycles. The van der Waals surface area contributed by atoms with Crippen LogP contribution in [0.3, 0.4) is 0 Å². The van der Waals surface area contributed by atoms with Crippen LogP contribution in [-0.4, -0.2) is 0 Å². The first-order valence-electron chi connectivity index (χ1n) is 17.2. The molecule has 2 unspecified atom stereocenters. The fourth-order valence-electron chi connectivity index (χ4n) is 3.70. The molecule has 0 bridgehead atoms. The lowest BCUT2D eigenvalue weighted by Gasteiger charge is -2.06. The highest BCUT2D eigenvalue weighted by Gasteiger charge is 1.98. The van der Waals surface area contributed by atoms with Crippen LogP contribution in [-0.2, 0) is 0 Å². The van der Waals surface area contributed by atoms with E-state index in [0.717, 1.165) is 30.1 Å². The quantitative estimate of drug-likeness (QED) is 0.146. The number of hydrogen-bond acceptors (Lipinski definition) is 0. The Balaban J connectivity index is -0.000000216. The van der Waals surface area contributed by atoms with Gasteiger partial charge in [0, 0.05) is 0 Å². The topological polar surface area (TPSA) is 0 Å². The lowest BCUT2D eigenvalue weighted by atomic mass is 10.00. The summed E-state index contributed by atoms with van der Waals surface area (Å²) in [6, 6.07) is 0. The van der Waals surface area contributed by atoms with Crippen LogP contribution in [0.4, 0.5) is 0 Å². The standard InChI is InChI=1S/4C10H20/c4*1-5-10(4)8-6-7-9(2)3/h7,10H,5-6,8H2,1-4H3;5,9H,6-8H2,1-4H3;9H,4-8H2,1-3H3;5,9-10H,1,6-8H2,2-4H3/b;10-5+;;. The summed E-state index contributed by atoms with van der Waals surface area (Å²) < 4.78 is 0. The molecular weight excluding hydrogens is 480 g/mol. The van der Waals surface area contributed by atoms with Gasteiger partial charge >= 0.3 is 0 Å². The van der Waals surface area contributed by atoms with Crippen LogP contribution in [0.15, 0.2) is 48.1 Å². The van der Waals surface area contributed by atoms with Gasteiger partial charge in [0.15, 0.2) is 0 Å². The summed E-state index contributed by atoms with van der Waals surface area (Å²) in [5.41, 5.74) is 4.38. The number of allylic oxidation sites excluding steroid dienone is 6. The van der Waals surface area contributed by atoms with Crippen LogP contribution in [0.1, 0.15) is 180 Å². The molecule has 0 rings (SSSR count). The van der Waals surface area contributed by atoms with Crippen molar-refractivity contribution in [3.8, 4) is 0 Å². The number of hydrogen-bond donors (Lipinski definition) is 0. The first kappa shape index (κ1) is 45.9. The highest BCUT2D eigenvalue weighted by atomic mass is 14.0. The zero-order valence-corrected chi connectivity index (χ0v) is 30.7. The fraction of sp³-hybridized carbons (Fsp3) is 0.800. The molecule has 0 spiro atoms. The molecule has 2 atom stereocenters. The van der Waals surface area contributed by atoms with Gasteiger partial charge in [0.05, 0.1) is 0 Å². The summed E-state index contributed by atoms with van der Waals surface area (Å²) in [5.74, 6) is 4.18. The molecule has 0 aliphatic heterocycles. The van der Waals surface area contributed by atoms with Gasteiger partial charge < -0.3 is 0 Å². The van der Waals surface area contributed by atoms with Crippen LogP contribution in [0.5, 0.6) is 0 Å². The fourth-order valence-corrected chi connectivity index (χ4v) is 3.70. The van der Waals surface area contributed by atoms with Crippen molar-refractivity contribution >= 4 is 0 Å². The molecule has 0 fully saturated rings. The molecule has 0 aromatic carbocycles. The van der Waals surface area contributed by atoms with Gasteiger partial charge in [-0.1, -0.05) is 143 Å². The van der Waals surface area contributed by atoms with Crippen molar-refractivity contribution in [1.29, 1.82) is 0 Å². The Bertz CT molecular complexity index is 579. The summed E-state index contributed by atoms with van der Waals surface area (Å²) in [6.45, 7) is 39.0. The van der Waals surface area contributed by atoms with Crippen LogP contribution in [0, 0.1) is 29.6 Å². The van der Waals surface area contributed by atoms with E-state index in [9.17, 15) is 0 Å². The Labute approximate surface area is 257 Å². The van der Waals surface area contributed by atoms with Gasteiger partial charge in [0.2, 0.25) is 0 Å². The number of rotatable bonds is 18. The van der Waals surface area contributed by atoms with E-state index in [0.29, 0.717) is 5.92 Å². The van der Waals surface area contributed by atoms with E-state index in [1.807, 2.05) is 6.08 Å². The molecule has 0 aromatic heterocycles. The lowest BCUT2D eigenvalue weighted by Crippen LogP contribution is -1.92. The average molecular weight is 561 g/mol. The maximum atomic E-state index is 3.97. The van der Waals surface area contributed by atoms with Gasteiger partial charge in [-0.25, -0.2) is 0 Å². The van der Waals surface area contributed by atoms with Crippen molar-refractivity contribution in [2.24, 2.45) is 29.6 Å². The summed E-state index contributed by atoms with van der Waals surface area (Å²) in [6.07, 6.45) is 23.6. The molecule has 0 amide bonds. The Kier molecular flexibility index (Phi) is 39.2. The van der Waals surface area contributed by atoms with Crippen molar-refractivity contribution in [3.63, 3.8) is 0 Å². The van der Waals surface area contributed by atoms with E-state index >= 15 is 0 Å². The molecule has 0 aromatic rings. The third kappa shape index (κ3) is 49.9. The van der Waals surface area contributed by atoms with E-state index in [2.05, 4.69) is 122 Å². The zero-order chi connectivity index (χ0) is 31.9. The highest BCUT2D eigenvalue weighted by molar-refractivity contribution is 4.95. The minimum atomic E-state index is 0.707. The van der Waals surface area contributed by atoms with Crippen LogP contribution in [0.25, 0.3) is 0 Å². The second kappa shape index (κ2) is 34.2. The van der Waals surface area contributed by atoms with Crippen LogP contribution < -0.4 is 0 Å². The summed E-state index contributed by atoms with van der Waals surface area (Å²) in [4.78, 5) is 0. The molecule has 0 N–H and O–H groups in total. The first-order chi connectivity index (χ1) is 18.7. The van der Waals surface area contributed by atoms with Crippen molar-refractivity contribution in [3.05, 3.63) is 48.1 Å². The maximum Gasteiger partial charge on any atom is -0.0265 e. The predicted molar refractivity (Wildman–Crippen MR) is 192 cm³/mol. The van der Waals surface area contributed by atoms with Gasteiger partial charge in [-0.2, -0.15) is 0 Å². The van der Waals surface area contributed by atoms with Crippen molar-refractivity contribution in [2.45, 2.75) is 180 Å². The molecule has 0 heteroatoms. The Morgan fingerprint density at radius 2 is 1.15 bits per heavy atom. The molecule has 0 saturated carbocycles. The van der Waals surface area contributed by atoms with E-state index in [-0.39, 0.29) is 0 Å². The van der Waals surface area contributed by atoms with Gasteiger partial charge in [0.1, 0.15) is 0 Å². The van der Waals surface area contributed by atoms with Gasteiger partial charge in [0.25, 0.3) is 0 Å². The molecule has 240 valence electrons. The monoisotopic (exact) mass is 561 g/mol. The average Bonchev–Trinajstić information content (AvgIpc) is 2.88. The second-order valence-electron chi connectivity index (χ2n) is 13.7. The van der Waals surface area contributed by atoms with Crippen molar-refractivity contribution in [1.82, 2.24) is 0 Å². The van der Waals surface area contributed by atoms with Crippen LogP contribution in [0.2, 0.25) is 0 Å². The van der Waals surface area contributed by atoms with E-state index < -0.39 is 0 Å². The van der Waals surface area contributed by atoms with Gasteiger partial charge in [-0.05, 0) is 109 Å². The third-order valence-corrected chi connectivity index (χ3v) is 7.41. The van der Waals surface area contributed by atoms with Crippen molar-refractivity contribution < 1.29 is 0 Å². The van der Waals surface area contributed by atoms with E-state index in [1.54, 1.807) is 0 Å². The van der Waals surface area contributed by atoms with Crippen molar-refractivity contribution in [2.75, 3.05) is 0 Å². The molecule has 0 aliphatic rings. The minimum absolute atomic E-state index is 0.707. The molecule has 0 radical (unpaired) electrons. The molecule has 0 saturated heterocycles. The Morgan fingerprint density at radius 3 is 1.52 bits per heavy atom. The largest absolute Gasteiger partial charge is 0.103 e. The maximum absolute atomic E-state index is 3.97. The smallest absolute Gasteiger partial charge is 0.0265 e. The highest BCUT2D eigenvalue weighted by Crippen LogP contribution is 2.14. The van der Waals surface area contributed by atoms with E-state index in [1.165, 1.54) is 93.8 Å². The molecular formula is C40H80. The summed E-state index contributed by atoms with van der Waals surface area (Å²) in [5, 5.41) is 0. The summed E-state index contributed by atoms with van der Waals surface area (Å²) >= 11 is 0. The normalized spacial score (nSPS) is 12.4. The van der Waals surface area contributed by atoms with Gasteiger partial charge in [-0.15, -0.1) is 6.58 Å².